The van der Waals surface area contributed by atoms with E-state index in [1.165, 1.54) is 16.7 Å². The summed E-state index contributed by atoms with van der Waals surface area (Å²) < 4.78 is 5.94. The molecule has 2 aromatic carbocycles. The van der Waals surface area contributed by atoms with Crippen molar-refractivity contribution < 1.29 is 10.1 Å². The van der Waals surface area contributed by atoms with Crippen LogP contribution >= 0.6 is 0 Å². The van der Waals surface area contributed by atoms with Crippen molar-refractivity contribution in [1.29, 1.82) is 0 Å². The van der Waals surface area contributed by atoms with Crippen LogP contribution in [0.15, 0.2) is 78.4 Å². The molecule has 2 heteroatoms. The summed E-state index contributed by atoms with van der Waals surface area (Å²) in [6, 6.07) is 19.1. The van der Waals surface area contributed by atoms with Crippen molar-refractivity contribution in [3.8, 4) is 5.75 Å². The number of nitrogens with two attached hydrogens (primary N) is 1. The lowest BCUT2D eigenvalue weighted by molar-refractivity contribution is -0.686. The van der Waals surface area contributed by atoms with Crippen LogP contribution in [0.3, 0.4) is 0 Å². The lowest BCUT2D eigenvalue weighted by Gasteiger charge is -2.11. The van der Waals surface area contributed by atoms with E-state index in [4.69, 9.17) is 4.74 Å². The fourth-order valence-corrected chi connectivity index (χ4v) is 2.93. The number of hydrogen-bond acceptors (Lipinski definition) is 1. The number of allylic oxidation sites excluding steroid dienone is 3. The molecule has 3 rings (SSSR count). The molecule has 24 heavy (non-hydrogen) atoms. The van der Waals surface area contributed by atoms with E-state index in [-0.39, 0.29) is 0 Å². The van der Waals surface area contributed by atoms with Gasteiger partial charge in [-0.25, -0.2) is 0 Å². The molecule has 0 saturated carbocycles. The lowest BCUT2D eigenvalue weighted by atomic mass is 10.0. The van der Waals surface area contributed by atoms with Crippen LogP contribution in [0.25, 0.3) is 0 Å². The van der Waals surface area contributed by atoms with Crippen LogP contribution in [0.1, 0.15) is 30.4 Å². The summed E-state index contributed by atoms with van der Waals surface area (Å²) >= 11 is 0. The van der Waals surface area contributed by atoms with E-state index < -0.39 is 0 Å². The minimum atomic E-state index is 0.761. The van der Waals surface area contributed by atoms with E-state index in [2.05, 4.69) is 78.1 Å². The van der Waals surface area contributed by atoms with Gasteiger partial charge in [0.25, 0.3) is 0 Å². The zero-order valence-electron chi connectivity index (χ0n) is 14.2. The second-order valence-corrected chi connectivity index (χ2v) is 6.20. The highest BCUT2D eigenvalue weighted by Gasteiger charge is 2.02. The van der Waals surface area contributed by atoms with E-state index in [1.54, 1.807) is 0 Å². The summed E-state index contributed by atoms with van der Waals surface area (Å²) in [5, 5.41) is 2.33. The molecular weight excluding hydrogens is 294 g/mol. The van der Waals surface area contributed by atoms with Crippen molar-refractivity contribution in [3.05, 3.63) is 89.5 Å². The second-order valence-electron chi connectivity index (χ2n) is 6.20. The molecule has 0 heterocycles. The Morgan fingerprint density at radius 3 is 2.54 bits per heavy atom. The monoisotopic (exact) mass is 320 g/mol. The normalized spacial score (nSPS) is 13.6. The van der Waals surface area contributed by atoms with Gasteiger partial charge >= 0.3 is 0 Å². The Balaban J connectivity index is 1.42. The molecule has 1 aliphatic carbocycles. The van der Waals surface area contributed by atoms with Gasteiger partial charge in [0.1, 0.15) is 18.8 Å². The molecule has 0 spiro atoms. The van der Waals surface area contributed by atoms with Crippen molar-refractivity contribution in [2.24, 2.45) is 0 Å². The SMILES string of the molecule is C1=CCC(CCOc2cccc(C[NH2+]Cc3ccccc3)c2)=CC1. The van der Waals surface area contributed by atoms with Gasteiger partial charge in [0.15, 0.2) is 0 Å². The summed E-state index contributed by atoms with van der Waals surface area (Å²) in [7, 11) is 0. The highest BCUT2D eigenvalue weighted by molar-refractivity contribution is 5.28. The highest BCUT2D eigenvalue weighted by Crippen LogP contribution is 2.17. The minimum Gasteiger partial charge on any atom is -0.493 e. The number of ether oxygens (including phenoxy) is 1. The Labute approximate surface area is 144 Å². The zero-order chi connectivity index (χ0) is 16.5. The number of benzene rings is 2. The molecule has 0 unspecified atom stereocenters. The van der Waals surface area contributed by atoms with E-state index in [0.717, 1.165) is 44.7 Å². The first-order valence-electron chi connectivity index (χ1n) is 8.80. The molecule has 1 aliphatic rings. The topological polar surface area (TPSA) is 25.8 Å². The largest absolute Gasteiger partial charge is 0.493 e. The van der Waals surface area contributed by atoms with Crippen LogP contribution in [-0.4, -0.2) is 6.61 Å². The van der Waals surface area contributed by atoms with Gasteiger partial charge in [0, 0.05) is 17.5 Å². The second kappa shape index (κ2) is 9.09. The van der Waals surface area contributed by atoms with Crippen LogP contribution in [0.5, 0.6) is 5.75 Å². The first kappa shape index (κ1) is 16.5. The molecule has 0 atom stereocenters. The van der Waals surface area contributed by atoms with Gasteiger partial charge in [-0.2, -0.15) is 0 Å². The highest BCUT2D eigenvalue weighted by atomic mass is 16.5. The first-order valence-corrected chi connectivity index (χ1v) is 8.80. The predicted octanol–water partition coefficient (Wildman–Crippen LogP) is 4.00. The summed E-state index contributed by atoms with van der Waals surface area (Å²) in [5.74, 6) is 0.979. The molecule has 0 amide bonds. The van der Waals surface area contributed by atoms with Crippen LogP contribution in [0.4, 0.5) is 0 Å². The van der Waals surface area contributed by atoms with Crippen LogP contribution < -0.4 is 10.1 Å². The maximum absolute atomic E-state index is 5.94. The van der Waals surface area contributed by atoms with Crippen molar-refractivity contribution >= 4 is 0 Å². The average Bonchev–Trinajstić information content (AvgIpc) is 2.64. The van der Waals surface area contributed by atoms with Gasteiger partial charge in [-0.3, -0.25) is 0 Å². The Bertz CT molecular complexity index is 688. The quantitative estimate of drug-likeness (QED) is 0.731. The molecule has 0 bridgehead atoms. The molecule has 0 aliphatic heterocycles. The van der Waals surface area contributed by atoms with Crippen molar-refractivity contribution in [3.63, 3.8) is 0 Å². The maximum Gasteiger partial charge on any atom is 0.119 e. The number of quaternary nitrogens is 1. The van der Waals surface area contributed by atoms with E-state index in [0.29, 0.717) is 0 Å². The third kappa shape index (κ3) is 5.39. The van der Waals surface area contributed by atoms with E-state index in [1.807, 2.05) is 0 Å². The average molecular weight is 320 g/mol. The maximum atomic E-state index is 5.94. The zero-order valence-corrected chi connectivity index (χ0v) is 14.2. The van der Waals surface area contributed by atoms with Crippen LogP contribution in [0.2, 0.25) is 0 Å². The van der Waals surface area contributed by atoms with Gasteiger partial charge < -0.3 is 10.1 Å². The van der Waals surface area contributed by atoms with Gasteiger partial charge in [0.2, 0.25) is 0 Å². The number of hydrogen-bond donors (Lipinski definition) is 1. The summed E-state index contributed by atoms with van der Waals surface area (Å²) in [5.41, 5.74) is 4.16. The molecule has 2 aromatic rings. The third-order valence-electron chi connectivity index (χ3n) is 4.28. The van der Waals surface area contributed by atoms with Gasteiger partial charge in [-0.05, 0) is 25.0 Å². The molecule has 2 N–H and O–H groups in total. The predicted molar refractivity (Wildman–Crippen MR) is 98.8 cm³/mol. The van der Waals surface area contributed by atoms with Crippen LogP contribution in [0, 0.1) is 0 Å². The molecule has 2 nitrogen and oxygen atoms in total. The van der Waals surface area contributed by atoms with Crippen molar-refractivity contribution in [1.82, 2.24) is 0 Å². The molecule has 0 saturated heterocycles. The lowest BCUT2D eigenvalue weighted by Crippen LogP contribution is -2.80. The Morgan fingerprint density at radius 1 is 0.875 bits per heavy atom. The molecular formula is C22H26NO+. The smallest absolute Gasteiger partial charge is 0.119 e. The van der Waals surface area contributed by atoms with Gasteiger partial charge in [-0.1, -0.05) is 66.3 Å². The number of rotatable bonds is 8. The van der Waals surface area contributed by atoms with Crippen molar-refractivity contribution in [2.45, 2.75) is 32.4 Å². The van der Waals surface area contributed by atoms with Gasteiger partial charge in [0.05, 0.1) is 6.61 Å². The Kier molecular flexibility index (Phi) is 6.26. The standard InChI is InChI=1S/C22H25NO/c1-3-8-19(9-4-1)14-15-24-22-13-7-12-21(16-22)18-23-17-20-10-5-2-6-11-20/h1-3,5-7,9-13,16,23H,4,8,14-15,17-18H2/p+1. The molecule has 124 valence electrons. The Hall–Kier alpha value is -2.32. The first-order chi connectivity index (χ1) is 11.9. The summed E-state index contributed by atoms with van der Waals surface area (Å²) in [6.45, 7) is 2.74. The van der Waals surface area contributed by atoms with Crippen LogP contribution in [-0.2, 0) is 13.1 Å². The Morgan fingerprint density at radius 2 is 1.71 bits per heavy atom. The van der Waals surface area contributed by atoms with E-state index in [9.17, 15) is 0 Å². The molecule has 0 radical (unpaired) electrons. The summed E-state index contributed by atoms with van der Waals surface area (Å²) in [4.78, 5) is 0. The van der Waals surface area contributed by atoms with Gasteiger partial charge in [-0.15, -0.1) is 0 Å². The fraction of sp³-hybridized carbons (Fsp3) is 0.273. The van der Waals surface area contributed by atoms with Crippen molar-refractivity contribution in [2.75, 3.05) is 6.61 Å². The molecule has 0 fully saturated rings. The molecule has 0 aromatic heterocycles. The fourth-order valence-electron chi connectivity index (χ4n) is 2.93. The van der Waals surface area contributed by atoms with E-state index >= 15 is 0 Å². The summed E-state index contributed by atoms with van der Waals surface area (Å²) in [6.07, 6.45) is 9.96. The third-order valence-corrected chi connectivity index (χ3v) is 4.28. The minimum absolute atomic E-state index is 0.761.